The molecule has 1 aromatic heterocycles. The number of hydrogen-bond donors (Lipinski definition) is 7. The lowest BCUT2D eigenvalue weighted by Crippen LogP contribution is -2.61. The molecule has 1 amide bonds. The van der Waals surface area contributed by atoms with Crippen LogP contribution < -0.4 is 10.0 Å². The number of aromatic nitrogens is 1. The number of methoxy groups -OCH3 is 3. The van der Waals surface area contributed by atoms with Crippen LogP contribution in [-0.4, -0.2) is 192 Å². The maximum Gasteiger partial charge on any atom is 0.311 e. The summed E-state index contributed by atoms with van der Waals surface area (Å²) in [5.41, 5.74) is -2.45. The highest BCUT2D eigenvalue weighted by Gasteiger charge is 2.54. The number of nitrogens with one attached hydrogen (secondary N) is 1. The van der Waals surface area contributed by atoms with Crippen molar-refractivity contribution in [1.82, 2.24) is 10.2 Å². The molecule has 0 bridgehead atoms. The van der Waals surface area contributed by atoms with Crippen molar-refractivity contribution in [3.63, 3.8) is 0 Å². The zero-order valence-electron chi connectivity index (χ0n) is 49.0. The van der Waals surface area contributed by atoms with Crippen LogP contribution in [0.3, 0.4) is 0 Å². The van der Waals surface area contributed by atoms with Gasteiger partial charge >= 0.3 is 5.97 Å². The second-order valence-corrected chi connectivity index (χ2v) is 22.8. The van der Waals surface area contributed by atoms with Gasteiger partial charge in [0.25, 0.3) is 0 Å². The van der Waals surface area contributed by atoms with Gasteiger partial charge in [-0.15, -0.1) is 0 Å². The standard InChI is InChI=1S/C57H91FN4O18/c1-15-43-57(10,70)50(67)33(4)46(60-75-30-72-12)31(2)25-56(9,74-14)52(34(5)49(35(6)53(69)78-43)79-45-26-55(8,73-13)51(68)36(7)77-45)80-54-48(66)42(24-32(3)76-54)61(11)23-22-44(64)59-41(27-58)47(65)38-18-16-37(17-19-38)39-20-21-40(29-63)62(71)28-39/h16-21,28,31-36,41-43,45,47-52,54,63,65-68,70H,15,22-27,29-30H2,1-14H3,(H,59,64)/b60-46-/t31-,32-,33+,34+,35-,36+,41-,42+,43-,45+,47-,48-,49+,50-,51+,52-,54+,55?,56?,57?/m1/s1. The monoisotopic (exact) mass is 1140 g/mol. The van der Waals surface area contributed by atoms with Crippen LogP contribution in [0.25, 0.3) is 11.1 Å². The van der Waals surface area contributed by atoms with Crippen molar-refractivity contribution in [2.75, 3.05) is 48.4 Å². The Morgan fingerprint density at radius 3 is 2.17 bits per heavy atom. The van der Waals surface area contributed by atoms with E-state index in [1.807, 2.05) is 13.8 Å². The van der Waals surface area contributed by atoms with Gasteiger partial charge in [-0.1, -0.05) is 57.1 Å². The van der Waals surface area contributed by atoms with Crippen LogP contribution in [0.15, 0.2) is 47.8 Å². The molecule has 454 valence electrons. The van der Waals surface area contributed by atoms with E-state index in [0.717, 1.165) is 0 Å². The van der Waals surface area contributed by atoms with Crippen LogP contribution in [-0.2, 0) is 58.9 Å². The average Bonchev–Trinajstić information content (AvgIpc) is 3.57. The number of cyclic esters (lactones) is 1. The highest BCUT2D eigenvalue weighted by Crippen LogP contribution is 2.42. The summed E-state index contributed by atoms with van der Waals surface area (Å²) < 4.78 is 65.3. The van der Waals surface area contributed by atoms with Crippen LogP contribution in [0.5, 0.6) is 0 Å². The van der Waals surface area contributed by atoms with Crippen LogP contribution in [0, 0.1) is 28.9 Å². The number of benzene rings is 1. The number of likely N-dealkylation sites (N-methyl/N-ethyl adjacent to an activating group) is 1. The van der Waals surface area contributed by atoms with Gasteiger partial charge in [0.1, 0.15) is 43.3 Å². The summed E-state index contributed by atoms with van der Waals surface area (Å²) in [5.74, 6) is -4.77. The third-order valence-corrected chi connectivity index (χ3v) is 16.9. The fourth-order valence-electron chi connectivity index (χ4n) is 11.7. The van der Waals surface area contributed by atoms with Crippen LogP contribution in [0.4, 0.5) is 4.39 Å². The highest BCUT2D eigenvalue weighted by atomic mass is 19.1. The number of aliphatic hydroxyl groups is 6. The quantitative estimate of drug-likeness (QED) is 0.0249. The number of carbonyl (C=O) groups is 2. The molecular weight excluding hydrogens is 1050 g/mol. The number of hydrogen-bond acceptors (Lipinski definition) is 20. The maximum atomic E-state index is 14.6. The van der Waals surface area contributed by atoms with Gasteiger partial charge in [0, 0.05) is 76.1 Å². The molecular formula is C57H91FN4O18. The van der Waals surface area contributed by atoms with E-state index in [1.54, 1.807) is 90.7 Å². The summed E-state index contributed by atoms with van der Waals surface area (Å²) in [6.07, 6.45) is -10.7. The molecule has 1 aromatic carbocycles. The van der Waals surface area contributed by atoms with Crippen molar-refractivity contribution >= 4 is 17.6 Å². The van der Waals surface area contributed by atoms with E-state index in [1.165, 1.54) is 40.5 Å². The van der Waals surface area contributed by atoms with E-state index in [-0.39, 0.29) is 44.7 Å². The second-order valence-electron chi connectivity index (χ2n) is 22.8. The summed E-state index contributed by atoms with van der Waals surface area (Å²) in [4.78, 5) is 35.5. The Bertz CT molecular complexity index is 2320. The number of rotatable bonds is 20. The molecule has 0 spiro atoms. The van der Waals surface area contributed by atoms with Gasteiger partial charge in [0.05, 0.1) is 59.4 Å². The third-order valence-electron chi connectivity index (χ3n) is 16.9. The Morgan fingerprint density at radius 2 is 1.59 bits per heavy atom. The first kappa shape index (κ1) is 66.7. The molecule has 23 heteroatoms. The van der Waals surface area contributed by atoms with Gasteiger partial charge < -0.3 is 88.8 Å². The van der Waals surface area contributed by atoms with Crippen LogP contribution in [0.1, 0.15) is 119 Å². The average molecular weight is 1140 g/mol. The molecule has 3 aliphatic rings. The molecule has 3 saturated heterocycles. The number of esters is 1. The first-order chi connectivity index (χ1) is 37.6. The Hall–Kier alpha value is -4.05. The zero-order valence-corrected chi connectivity index (χ0v) is 49.0. The van der Waals surface area contributed by atoms with Crippen LogP contribution in [0.2, 0.25) is 0 Å². The van der Waals surface area contributed by atoms with Gasteiger partial charge in [0.15, 0.2) is 18.8 Å². The minimum absolute atomic E-state index is 0.0488. The molecule has 7 N–H and O–H groups in total. The number of nitrogens with zero attached hydrogens (tertiary/aromatic N) is 3. The summed E-state index contributed by atoms with van der Waals surface area (Å²) in [6, 6.07) is 7.68. The Kier molecular flexibility index (Phi) is 24.2. The molecule has 2 aromatic rings. The number of halogens is 1. The molecule has 3 unspecified atom stereocenters. The van der Waals surface area contributed by atoms with Gasteiger partial charge in [0.2, 0.25) is 18.4 Å². The predicted molar refractivity (Wildman–Crippen MR) is 290 cm³/mol. The first-order valence-electron chi connectivity index (χ1n) is 27.7. The number of carbonyl (C=O) groups excluding carboxylic acids is 2. The summed E-state index contributed by atoms with van der Waals surface area (Å²) in [6.45, 7) is 15.5. The number of pyridine rings is 1. The summed E-state index contributed by atoms with van der Waals surface area (Å²) >= 11 is 0. The van der Waals surface area contributed by atoms with Crippen LogP contribution >= 0.6 is 0 Å². The Labute approximate surface area is 470 Å². The van der Waals surface area contributed by atoms with Gasteiger partial charge in [-0.05, 0) is 85.0 Å². The number of alkyl halides is 1. The van der Waals surface area contributed by atoms with Crippen molar-refractivity contribution in [3.8, 4) is 11.1 Å². The third kappa shape index (κ3) is 15.6. The molecule has 0 radical (unpaired) electrons. The number of oxime groups is 1. The normalized spacial score (nSPS) is 37.1. The van der Waals surface area contributed by atoms with Crippen molar-refractivity contribution in [2.24, 2.45) is 28.8 Å². The molecule has 3 aliphatic heterocycles. The topological polar surface area (TPSA) is 293 Å². The highest BCUT2D eigenvalue weighted by molar-refractivity contribution is 5.89. The van der Waals surface area contributed by atoms with Crippen molar-refractivity contribution in [2.45, 2.75) is 204 Å². The summed E-state index contributed by atoms with van der Waals surface area (Å²) in [5, 5.41) is 87.5. The molecule has 4 heterocycles. The van der Waals surface area contributed by atoms with Gasteiger partial charge in [-0.25, -0.2) is 4.39 Å². The fourth-order valence-corrected chi connectivity index (χ4v) is 11.7. The predicted octanol–water partition coefficient (Wildman–Crippen LogP) is 3.59. The summed E-state index contributed by atoms with van der Waals surface area (Å²) in [7, 11) is 6.13. The van der Waals surface area contributed by atoms with Crippen molar-refractivity contribution in [1.29, 1.82) is 0 Å². The Balaban J connectivity index is 1.45. The fraction of sp³-hybridized carbons (Fsp3) is 0.754. The number of ether oxygens (including phenoxy) is 8. The molecule has 3 fully saturated rings. The Morgan fingerprint density at radius 1 is 0.938 bits per heavy atom. The molecule has 80 heavy (non-hydrogen) atoms. The SMILES string of the molecule is CC[C@H]1OC(=O)[C@H](C)[C@@H](O[C@H]2CC(C)(OC)[C@@H](O)[C@H](C)O2)[C@H](C)[C@@H](O[C@@H]2O[C@H](C)C[C@H](N(C)CCC(=O)N[C@H](CF)[C@H](O)c3ccc(-c4ccc(CO)[n+]([O-])c4)cc3)[C@H]2O)C(C)(OC)C[C@@H](C)/C(=N/OCOC)[C@H](C)[C@@H](O)C1(C)O. The van der Waals surface area contributed by atoms with E-state index >= 15 is 0 Å². The molecule has 0 saturated carbocycles. The smallest absolute Gasteiger partial charge is 0.311 e. The zero-order chi connectivity index (χ0) is 59.6. The molecule has 22 nitrogen and oxygen atoms in total. The van der Waals surface area contributed by atoms with Gasteiger partial charge in [-0.2, -0.15) is 4.73 Å². The maximum absolute atomic E-state index is 14.6. The van der Waals surface area contributed by atoms with E-state index < -0.39 is 145 Å². The van der Waals surface area contributed by atoms with E-state index in [9.17, 15) is 49.8 Å². The minimum atomic E-state index is -2.00. The molecule has 0 aliphatic carbocycles. The lowest BCUT2D eigenvalue weighted by atomic mass is 9.73. The largest absolute Gasteiger partial charge is 0.618 e. The van der Waals surface area contributed by atoms with Crippen molar-refractivity contribution in [3.05, 3.63) is 59.1 Å². The lowest BCUT2D eigenvalue weighted by Gasteiger charge is -2.50. The number of amides is 1. The lowest BCUT2D eigenvalue weighted by molar-refractivity contribution is -0.615. The van der Waals surface area contributed by atoms with E-state index in [4.69, 9.17) is 42.7 Å². The molecule has 20 atom stereocenters. The number of aliphatic hydroxyl groups excluding tert-OH is 5. The van der Waals surface area contributed by atoms with Gasteiger partial charge in [-0.3, -0.25) is 9.59 Å². The van der Waals surface area contributed by atoms with E-state index in [2.05, 4.69) is 10.5 Å². The first-order valence-corrected chi connectivity index (χ1v) is 27.7. The molecule has 5 rings (SSSR count). The minimum Gasteiger partial charge on any atom is -0.618 e. The van der Waals surface area contributed by atoms with E-state index in [0.29, 0.717) is 33.6 Å². The second kappa shape index (κ2) is 29.0. The van der Waals surface area contributed by atoms with Crippen molar-refractivity contribution < 1.29 is 92.1 Å².